The third kappa shape index (κ3) is 5.07. The van der Waals surface area contributed by atoms with E-state index in [2.05, 4.69) is 0 Å². The standard InChI is InChI=1S/C10H18O4/c1-7(2)13-8(3)14-10(11)12-6-9-4-5-9/h7-9H,4-6H2,1-3H3. The highest BCUT2D eigenvalue weighted by molar-refractivity contribution is 5.59. The van der Waals surface area contributed by atoms with Gasteiger partial charge in [-0.3, -0.25) is 0 Å². The summed E-state index contributed by atoms with van der Waals surface area (Å²) in [5.74, 6) is 0.559. The Morgan fingerprint density at radius 1 is 1.36 bits per heavy atom. The van der Waals surface area contributed by atoms with E-state index in [0.717, 1.165) is 12.8 Å². The Morgan fingerprint density at radius 2 is 2.00 bits per heavy atom. The van der Waals surface area contributed by atoms with E-state index in [1.807, 2.05) is 13.8 Å². The van der Waals surface area contributed by atoms with Gasteiger partial charge in [-0.05, 0) is 39.5 Å². The molecule has 1 fully saturated rings. The Labute approximate surface area is 84.5 Å². The molecule has 4 heteroatoms. The van der Waals surface area contributed by atoms with Crippen molar-refractivity contribution in [2.45, 2.75) is 46.0 Å². The summed E-state index contributed by atoms with van der Waals surface area (Å²) >= 11 is 0. The lowest BCUT2D eigenvalue weighted by Gasteiger charge is -2.16. The first-order valence-corrected chi connectivity index (χ1v) is 5.06. The van der Waals surface area contributed by atoms with E-state index < -0.39 is 12.4 Å². The van der Waals surface area contributed by atoms with Crippen LogP contribution >= 0.6 is 0 Å². The van der Waals surface area contributed by atoms with E-state index >= 15 is 0 Å². The minimum Gasteiger partial charge on any atom is -0.434 e. The molecule has 1 unspecified atom stereocenters. The first kappa shape index (κ1) is 11.3. The van der Waals surface area contributed by atoms with Gasteiger partial charge in [0.15, 0.2) is 0 Å². The Hall–Kier alpha value is -0.770. The Kier molecular flexibility index (Phi) is 4.20. The van der Waals surface area contributed by atoms with Gasteiger partial charge in [0.1, 0.15) is 0 Å². The summed E-state index contributed by atoms with van der Waals surface area (Å²) in [6.07, 6.45) is 1.18. The van der Waals surface area contributed by atoms with Crippen molar-refractivity contribution in [3.63, 3.8) is 0 Å². The van der Waals surface area contributed by atoms with Crippen molar-refractivity contribution in [1.29, 1.82) is 0 Å². The van der Waals surface area contributed by atoms with Gasteiger partial charge in [-0.15, -0.1) is 0 Å². The van der Waals surface area contributed by atoms with Gasteiger partial charge in [-0.25, -0.2) is 4.79 Å². The molecule has 0 N–H and O–H groups in total. The topological polar surface area (TPSA) is 44.8 Å². The van der Waals surface area contributed by atoms with Crippen LogP contribution < -0.4 is 0 Å². The molecule has 0 bridgehead atoms. The van der Waals surface area contributed by atoms with Gasteiger partial charge in [0, 0.05) is 0 Å². The summed E-state index contributed by atoms with van der Waals surface area (Å²) in [6.45, 7) is 5.93. The fourth-order valence-corrected chi connectivity index (χ4v) is 1.05. The highest BCUT2D eigenvalue weighted by atomic mass is 16.8. The molecular weight excluding hydrogens is 184 g/mol. The van der Waals surface area contributed by atoms with Gasteiger partial charge in [-0.2, -0.15) is 0 Å². The fraction of sp³-hybridized carbons (Fsp3) is 0.900. The van der Waals surface area contributed by atoms with Gasteiger partial charge in [0.2, 0.25) is 6.29 Å². The van der Waals surface area contributed by atoms with Gasteiger partial charge in [-0.1, -0.05) is 0 Å². The highest BCUT2D eigenvalue weighted by Crippen LogP contribution is 2.28. The van der Waals surface area contributed by atoms with Crippen LogP contribution in [0.4, 0.5) is 4.79 Å². The van der Waals surface area contributed by atoms with E-state index in [-0.39, 0.29) is 6.10 Å². The van der Waals surface area contributed by atoms with E-state index in [1.165, 1.54) is 0 Å². The minimum atomic E-state index is -0.634. The molecule has 14 heavy (non-hydrogen) atoms. The normalized spacial score (nSPS) is 18.0. The number of ether oxygens (including phenoxy) is 3. The van der Waals surface area contributed by atoms with Crippen molar-refractivity contribution in [1.82, 2.24) is 0 Å². The lowest BCUT2D eigenvalue weighted by Crippen LogP contribution is -2.22. The molecule has 82 valence electrons. The lowest BCUT2D eigenvalue weighted by molar-refractivity contribution is -0.132. The average Bonchev–Trinajstić information content (AvgIpc) is 2.81. The van der Waals surface area contributed by atoms with Gasteiger partial charge >= 0.3 is 6.16 Å². The molecule has 0 aromatic rings. The van der Waals surface area contributed by atoms with Crippen molar-refractivity contribution in [3.05, 3.63) is 0 Å². The second-order valence-corrected chi connectivity index (χ2v) is 3.87. The van der Waals surface area contributed by atoms with Crippen LogP contribution in [0.3, 0.4) is 0 Å². The number of hydrogen-bond donors (Lipinski definition) is 0. The maximum atomic E-state index is 11.0. The molecule has 4 nitrogen and oxygen atoms in total. The third-order valence-corrected chi connectivity index (χ3v) is 1.86. The molecule has 1 saturated carbocycles. The summed E-state index contributed by atoms with van der Waals surface area (Å²) in [5, 5.41) is 0. The van der Waals surface area contributed by atoms with Crippen molar-refractivity contribution < 1.29 is 19.0 Å². The molecule has 1 atom stereocenters. The van der Waals surface area contributed by atoms with E-state index in [1.54, 1.807) is 6.92 Å². The minimum absolute atomic E-state index is 0.0428. The van der Waals surface area contributed by atoms with E-state index in [9.17, 15) is 4.79 Å². The molecule has 1 aliphatic rings. The van der Waals surface area contributed by atoms with Gasteiger partial charge < -0.3 is 14.2 Å². The number of rotatable bonds is 5. The fourth-order valence-electron chi connectivity index (χ4n) is 1.05. The molecule has 0 saturated heterocycles. The molecular formula is C10H18O4. The van der Waals surface area contributed by atoms with Gasteiger partial charge in [0.05, 0.1) is 12.7 Å². The molecule has 1 aliphatic carbocycles. The average molecular weight is 202 g/mol. The molecule has 0 aromatic carbocycles. The molecule has 0 aromatic heterocycles. The third-order valence-electron chi connectivity index (χ3n) is 1.86. The van der Waals surface area contributed by atoms with Crippen LogP contribution in [0.25, 0.3) is 0 Å². The molecule has 0 heterocycles. The van der Waals surface area contributed by atoms with Crippen molar-refractivity contribution >= 4 is 6.16 Å². The largest absolute Gasteiger partial charge is 0.510 e. The van der Waals surface area contributed by atoms with Crippen LogP contribution in [0.5, 0.6) is 0 Å². The smallest absolute Gasteiger partial charge is 0.434 e. The Balaban J connectivity index is 2.05. The van der Waals surface area contributed by atoms with Crippen LogP contribution in [0.1, 0.15) is 33.6 Å². The zero-order valence-corrected chi connectivity index (χ0v) is 8.99. The molecule has 1 rings (SSSR count). The van der Waals surface area contributed by atoms with Crippen molar-refractivity contribution in [2.24, 2.45) is 5.92 Å². The van der Waals surface area contributed by atoms with Crippen LogP contribution in [0.15, 0.2) is 0 Å². The molecule has 0 amide bonds. The van der Waals surface area contributed by atoms with E-state index in [4.69, 9.17) is 14.2 Å². The quantitative estimate of drug-likeness (QED) is 0.507. The predicted octanol–water partition coefficient (Wildman–Crippen LogP) is 2.32. The highest BCUT2D eigenvalue weighted by Gasteiger charge is 2.24. The first-order chi connectivity index (χ1) is 6.58. The van der Waals surface area contributed by atoms with Crippen LogP contribution in [0, 0.1) is 5.92 Å². The first-order valence-electron chi connectivity index (χ1n) is 5.06. The number of carbonyl (C=O) groups is 1. The second kappa shape index (κ2) is 5.20. The van der Waals surface area contributed by atoms with Crippen molar-refractivity contribution in [2.75, 3.05) is 6.61 Å². The molecule has 0 spiro atoms. The predicted molar refractivity (Wildman–Crippen MR) is 50.8 cm³/mol. The molecule has 0 aliphatic heterocycles. The summed E-state index contributed by atoms with van der Waals surface area (Å²) in [5.41, 5.74) is 0. The van der Waals surface area contributed by atoms with Crippen LogP contribution in [0.2, 0.25) is 0 Å². The SMILES string of the molecule is CC(C)OC(C)OC(=O)OCC1CC1. The number of carbonyl (C=O) groups excluding carboxylic acids is 1. The lowest BCUT2D eigenvalue weighted by atomic mass is 10.5. The Morgan fingerprint density at radius 3 is 2.50 bits per heavy atom. The Bertz CT molecular complexity index is 187. The second-order valence-electron chi connectivity index (χ2n) is 3.87. The van der Waals surface area contributed by atoms with E-state index in [0.29, 0.717) is 12.5 Å². The summed E-state index contributed by atoms with van der Waals surface area (Å²) in [4.78, 5) is 11.0. The summed E-state index contributed by atoms with van der Waals surface area (Å²) in [7, 11) is 0. The molecule has 0 radical (unpaired) electrons. The number of hydrogen-bond acceptors (Lipinski definition) is 4. The van der Waals surface area contributed by atoms with Crippen molar-refractivity contribution in [3.8, 4) is 0 Å². The summed E-state index contributed by atoms with van der Waals surface area (Å²) in [6, 6.07) is 0. The van der Waals surface area contributed by atoms with Crippen LogP contribution in [-0.4, -0.2) is 25.2 Å². The zero-order valence-electron chi connectivity index (χ0n) is 8.99. The maximum Gasteiger partial charge on any atom is 0.510 e. The zero-order chi connectivity index (χ0) is 10.6. The van der Waals surface area contributed by atoms with Gasteiger partial charge in [0.25, 0.3) is 0 Å². The van der Waals surface area contributed by atoms with Crippen LogP contribution in [-0.2, 0) is 14.2 Å². The maximum absolute atomic E-state index is 11.0. The monoisotopic (exact) mass is 202 g/mol. The summed E-state index contributed by atoms with van der Waals surface area (Å²) < 4.78 is 15.0.